The molecule has 1 aromatic rings. The van der Waals surface area contributed by atoms with Gasteiger partial charge in [-0.1, -0.05) is 19.1 Å². The minimum atomic E-state index is 0.0105. The van der Waals surface area contributed by atoms with Gasteiger partial charge in [-0.05, 0) is 12.8 Å². The number of likely N-dealkylation sites (tertiary alicyclic amines) is 1. The van der Waals surface area contributed by atoms with Crippen LogP contribution in [-0.4, -0.2) is 51.0 Å². The molecule has 1 atom stereocenters. The lowest BCUT2D eigenvalue weighted by atomic mass is 10.2. The molecule has 6 heteroatoms. The molecule has 0 spiro atoms. The molecule has 18 heavy (non-hydrogen) atoms. The molecular formula is C12H21N5O. The van der Waals surface area contributed by atoms with E-state index in [0.29, 0.717) is 6.04 Å². The van der Waals surface area contributed by atoms with Crippen LogP contribution in [0, 0.1) is 0 Å². The summed E-state index contributed by atoms with van der Waals surface area (Å²) in [7, 11) is 0. The number of hydrogen-bond acceptors (Lipinski definition) is 4. The minimum absolute atomic E-state index is 0.0105. The summed E-state index contributed by atoms with van der Waals surface area (Å²) < 4.78 is 1.80. The average molecular weight is 251 g/mol. The van der Waals surface area contributed by atoms with Crippen molar-refractivity contribution in [1.82, 2.24) is 25.2 Å². The van der Waals surface area contributed by atoms with E-state index in [9.17, 15) is 4.79 Å². The molecule has 1 amide bonds. The molecule has 1 saturated heterocycles. The van der Waals surface area contributed by atoms with Crippen molar-refractivity contribution in [1.29, 1.82) is 0 Å². The van der Waals surface area contributed by atoms with Crippen molar-refractivity contribution >= 4 is 5.91 Å². The van der Waals surface area contributed by atoms with Gasteiger partial charge in [0.05, 0.1) is 12.2 Å². The van der Waals surface area contributed by atoms with Gasteiger partial charge in [-0.2, -0.15) is 0 Å². The Morgan fingerprint density at radius 3 is 3.00 bits per heavy atom. The van der Waals surface area contributed by atoms with Crippen LogP contribution in [-0.2, 0) is 11.3 Å². The molecule has 0 bridgehead atoms. The second-order valence-corrected chi connectivity index (χ2v) is 5.01. The lowest BCUT2D eigenvalue weighted by Gasteiger charge is -2.18. The van der Waals surface area contributed by atoms with Crippen molar-refractivity contribution in [3.63, 3.8) is 0 Å². The fourth-order valence-corrected chi connectivity index (χ4v) is 2.29. The van der Waals surface area contributed by atoms with E-state index in [2.05, 4.69) is 29.5 Å². The van der Waals surface area contributed by atoms with Gasteiger partial charge in [-0.15, -0.1) is 5.10 Å². The van der Waals surface area contributed by atoms with Gasteiger partial charge in [0.1, 0.15) is 0 Å². The van der Waals surface area contributed by atoms with E-state index >= 15 is 0 Å². The third-order valence-corrected chi connectivity index (χ3v) is 3.12. The van der Waals surface area contributed by atoms with Crippen LogP contribution < -0.4 is 5.32 Å². The third-order valence-electron chi connectivity index (χ3n) is 3.12. The summed E-state index contributed by atoms with van der Waals surface area (Å²) in [5.74, 6) is 0.238. The van der Waals surface area contributed by atoms with Gasteiger partial charge in [0.15, 0.2) is 0 Å². The van der Waals surface area contributed by atoms with Crippen LogP contribution in [0.15, 0.2) is 12.4 Å². The van der Waals surface area contributed by atoms with Gasteiger partial charge in [-0.25, -0.2) is 0 Å². The number of carbonyl (C=O) groups excluding carboxylic acids is 1. The van der Waals surface area contributed by atoms with E-state index in [4.69, 9.17) is 0 Å². The summed E-state index contributed by atoms with van der Waals surface area (Å²) >= 11 is 0. The van der Waals surface area contributed by atoms with Crippen LogP contribution in [0.2, 0.25) is 0 Å². The Kier molecular flexibility index (Phi) is 4.30. The van der Waals surface area contributed by atoms with Crippen molar-refractivity contribution < 1.29 is 4.79 Å². The average Bonchev–Trinajstić information content (AvgIpc) is 2.93. The molecule has 100 valence electrons. The number of rotatable bonds is 6. The van der Waals surface area contributed by atoms with E-state index in [0.717, 1.165) is 32.5 Å². The van der Waals surface area contributed by atoms with Crippen molar-refractivity contribution in [2.75, 3.05) is 13.1 Å². The fraction of sp³-hybridized carbons (Fsp3) is 0.750. The van der Waals surface area contributed by atoms with Crippen LogP contribution in [0.25, 0.3) is 0 Å². The normalized spacial score (nSPS) is 20.1. The number of nitrogens with zero attached hydrogens (tertiary/aromatic N) is 4. The van der Waals surface area contributed by atoms with Gasteiger partial charge >= 0.3 is 0 Å². The third kappa shape index (κ3) is 3.29. The second kappa shape index (κ2) is 5.95. The molecule has 1 aliphatic heterocycles. The molecule has 0 aliphatic carbocycles. The van der Waals surface area contributed by atoms with Crippen molar-refractivity contribution in [3.8, 4) is 0 Å². The Morgan fingerprint density at radius 1 is 1.50 bits per heavy atom. The molecule has 6 nitrogen and oxygen atoms in total. The van der Waals surface area contributed by atoms with Crippen LogP contribution in [0.4, 0.5) is 0 Å². The summed E-state index contributed by atoms with van der Waals surface area (Å²) in [6.45, 7) is 6.61. The first-order valence-corrected chi connectivity index (χ1v) is 6.56. The molecule has 0 saturated carbocycles. The summed E-state index contributed by atoms with van der Waals surface area (Å²) in [4.78, 5) is 14.0. The van der Waals surface area contributed by atoms with Gasteiger partial charge in [0, 0.05) is 31.9 Å². The summed E-state index contributed by atoms with van der Waals surface area (Å²) in [5.41, 5.74) is 0. The highest BCUT2D eigenvalue weighted by molar-refractivity contribution is 5.83. The maximum atomic E-state index is 12.1. The highest BCUT2D eigenvalue weighted by atomic mass is 16.2. The molecule has 1 unspecified atom stereocenters. The Morgan fingerprint density at radius 2 is 2.33 bits per heavy atom. The summed E-state index contributed by atoms with van der Waals surface area (Å²) in [5, 5.41) is 11.0. The lowest BCUT2D eigenvalue weighted by Crippen LogP contribution is -2.41. The van der Waals surface area contributed by atoms with Gasteiger partial charge in [0.2, 0.25) is 5.91 Å². The van der Waals surface area contributed by atoms with E-state index in [1.165, 1.54) is 0 Å². The standard InChI is InChI=1S/C12H21N5O/c1-10(2)14-11-4-8-16(12(11)18)6-3-7-17-9-5-13-15-17/h5,9-11,14H,3-4,6-8H2,1-2H3. The number of carbonyl (C=O) groups is 1. The zero-order valence-corrected chi connectivity index (χ0v) is 11.0. The molecule has 1 N–H and O–H groups in total. The first-order valence-electron chi connectivity index (χ1n) is 6.56. The molecule has 2 heterocycles. The molecule has 0 radical (unpaired) electrons. The second-order valence-electron chi connectivity index (χ2n) is 5.01. The number of amides is 1. The number of aromatic nitrogens is 3. The lowest BCUT2D eigenvalue weighted by molar-refractivity contribution is -0.129. The quantitative estimate of drug-likeness (QED) is 0.788. The van der Waals surface area contributed by atoms with E-state index in [1.54, 1.807) is 10.9 Å². The van der Waals surface area contributed by atoms with Crippen LogP contribution >= 0.6 is 0 Å². The predicted octanol–water partition coefficient (Wildman–Crippen LogP) is 0.267. The minimum Gasteiger partial charge on any atom is -0.341 e. The highest BCUT2D eigenvalue weighted by Crippen LogP contribution is 2.12. The summed E-state index contributed by atoms with van der Waals surface area (Å²) in [6, 6.07) is 0.366. The van der Waals surface area contributed by atoms with Crippen LogP contribution in [0.1, 0.15) is 26.7 Å². The summed E-state index contributed by atoms with van der Waals surface area (Å²) in [6.07, 6.45) is 5.35. The first-order chi connectivity index (χ1) is 8.66. The molecule has 1 fully saturated rings. The van der Waals surface area contributed by atoms with Gasteiger partial charge in [0.25, 0.3) is 0 Å². The first kappa shape index (κ1) is 13.0. The van der Waals surface area contributed by atoms with Crippen LogP contribution in [0.3, 0.4) is 0 Å². The zero-order chi connectivity index (χ0) is 13.0. The fourth-order valence-electron chi connectivity index (χ4n) is 2.29. The smallest absolute Gasteiger partial charge is 0.239 e. The SMILES string of the molecule is CC(C)NC1CCN(CCCn2ccnn2)C1=O. The van der Waals surface area contributed by atoms with Crippen molar-refractivity contribution in [2.24, 2.45) is 0 Å². The van der Waals surface area contributed by atoms with Gasteiger partial charge in [-0.3, -0.25) is 9.48 Å². The number of aryl methyl sites for hydroxylation is 1. The predicted molar refractivity (Wildman–Crippen MR) is 67.9 cm³/mol. The Labute approximate surface area is 107 Å². The number of hydrogen-bond donors (Lipinski definition) is 1. The Bertz CT molecular complexity index is 376. The zero-order valence-electron chi connectivity index (χ0n) is 11.0. The molecule has 2 rings (SSSR count). The Balaban J connectivity index is 1.72. The van der Waals surface area contributed by atoms with Crippen molar-refractivity contribution in [3.05, 3.63) is 12.4 Å². The molecule has 0 aromatic carbocycles. The Hall–Kier alpha value is -1.43. The van der Waals surface area contributed by atoms with E-state index in [1.807, 2.05) is 11.1 Å². The molecular weight excluding hydrogens is 230 g/mol. The number of nitrogens with one attached hydrogen (secondary N) is 1. The topological polar surface area (TPSA) is 63.1 Å². The molecule has 1 aliphatic rings. The van der Waals surface area contributed by atoms with Crippen LogP contribution in [0.5, 0.6) is 0 Å². The monoisotopic (exact) mass is 251 g/mol. The van der Waals surface area contributed by atoms with E-state index in [-0.39, 0.29) is 11.9 Å². The van der Waals surface area contributed by atoms with Crippen molar-refractivity contribution in [2.45, 2.75) is 45.3 Å². The highest BCUT2D eigenvalue weighted by Gasteiger charge is 2.30. The maximum absolute atomic E-state index is 12.1. The molecule has 1 aromatic heterocycles. The largest absolute Gasteiger partial charge is 0.341 e. The van der Waals surface area contributed by atoms with Gasteiger partial charge < -0.3 is 10.2 Å². The maximum Gasteiger partial charge on any atom is 0.239 e. The van der Waals surface area contributed by atoms with E-state index < -0.39 is 0 Å².